The molecule has 2 aromatic heterocycles. The fourth-order valence-electron chi connectivity index (χ4n) is 3.80. The summed E-state index contributed by atoms with van der Waals surface area (Å²) >= 11 is 0. The highest BCUT2D eigenvalue weighted by Gasteiger charge is 2.18. The SMILES string of the molecule is CCOc1cccc2c1cc(C(=O)NCCc1ccccn1)n2Cc1ccccc1C. The smallest absolute Gasteiger partial charge is 0.267 e. The molecule has 0 bridgehead atoms. The number of pyridine rings is 1. The van der Waals surface area contributed by atoms with E-state index in [0.717, 1.165) is 22.3 Å². The van der Waals surface area contributed by atoms with E-state index in [1.807, 2.05) is 61.5 Å². The maximum atomic E-state index is 13.2. The van der Waals surface area contributed by atoms with Crippen molar-refractivity contribution in [1.82, 2.24) is 14.9 Å². The van der Waals surface area contributed by atoms with Crippen LogP contribution in [0.25, 0.3) is 10.9 Å². The van der Waals surface area contributed by atoms with Gasteiger partial charge in [-0.2, -0.15) is 0 Å². The number of aryl methyl sites for hydroxylation is 1. The van der Waals surface area contributed by atoms with Crippen molar-refractivity contribution in [2.45, 2.75) is 26.8 Å². The molecule has 0 atom stereocenters. The molecule has 2 heterocycles. The first-order valence-corrected chi connectivity index (χ1v) is 10.6. The quantitative estimate of drug-likeness (QED) is 0.453. The molecule has 0 radical (unpaired) electrons. The molecular formula is C26H27N3O2. The van der Waals surface area contributed by atoms with Crippen molar-refractivity contribution >= 4 is 16.8 Å². The molecule has 158 valence electrons. The number of nitrogens with one attached hydrogen (secondary N) is 1. The first kappa shape index (κ1) is 20.7. The van der Waals surface area contributed by atoms with E-state index in [4.69, 9.17) is 4.74 Å². The summed E-state index contributed by atoms with van der Waals surface area (Å²) in [7, 11) is 0. The standard InChI is InChI=1S/C26H27N3O2/c1-3-31-25-13-8-12-23-22(25)17-24(29(23)18-20-10-5-4-9-19(20)2)26(30)28-16-14-21-11-6-7-15-27-21/h4-13,15,17H,3,14,16,18H2,1-2H3,(H,28,30). The Balaban J connectivity index is 1.66. The molecule has 1 amide bonds. The third-order valence-corrected chi connectivity index (χ3v) is 5.42. The summed E-state index contributed by atoms with van der Waals surface area (Å²) in [4.78, 5) is 17.5. The molecule has 2 aromatic carbocycles. The highest BCUT2D eigenvalue weighted by Crippen LogP contribution is 2.30. The van der Waals surface area contributed by atoms with E-state index >= 15 is 0 Å². The van der Waals surface area contributed by atoms with Crippen molar-refractivity contribution < 1.29 is 9.53 Å². The van der Waals surface area contributed by atoms with Gasteiger partial charge in [0.25, 0.3) is 5.91 Å². The molecule has 0 aliphatic rings. The van der Waals surface area contributed by atoms with Gasteiger partial charge in [0, 0.05) is 36.8 Å². The lowest BCUT2D eigenvalue weighted by Crippen LogP contribution is -2.28. The summed E-state index contributed by atoms with van der Waals surface area (Å²) in [6.45, 7) is 5.79. The molecule has 5 nitrogen and oxygen atoms in total. The second-order valence-electron chi connectivity index (χ2n) is 7.49. The summed E-state index contributed by atoms with van der Waals surface area (Å²) in [5.74, 6) is 0.703. The van der Waals surface area contributed by atoms with Crippen LogP contribution in [0, 0.1) is 6.92 Å². The van der Waals surface area contributed by atoms with Crippen molar-refractivity contribution in [3.05, 3.63) is 95.4 Å². The summed E-state index contributed by atoms with van der Waals surface area (Å²) in [6.07, 6.45) is 2.46. The topological polar surface area (TPSA) is 56.1 Å². The van der Waals surface area contributed by atoms with E-state index in [1.54, 1.807) is 6.20 Å². The van der Waals surface area contributed by atoms with Gasteiger partial charge in [-0.05, 0) is 55.3 Å². The molecule has 0 fully saturated rings. The number of rotatable bonds is 8. The molecule has 5 heteroatoms. The number of nitrogens with zero attached hydrogens (tertiary/aromatic N) is 2. The summed E-state index contributed by atoms with van der Waals surface area (Å²) < 4.78 is 7.91. The van der Waals surface area contributed by atoms with Crippen molar-refractivity contribution in [2.75, 3.05) is 13.2 Å². The van der Waals surface area contributed by atoms with Gasteiger partial charge in [-0.1, -0.05) is 36.4 Å². The number of carbonyl (C=O) groups is 1. The highest BCUT2D eigenvalue weighted by atomic mass is 16.5. The van der Waals surface area contributed by atoms with Gasteiger partial charge in [0.05, 0.1) is 12.1 Å². The lowest BCUT2D eigenvalue weighted by atomic mass is 10.1. The van der Waals surface area contributed by atoms with Crippen LogP contribution in [0.2, 0.25) is 0 Å². The molecule has 4 aromatic rings. The summed E-state index contributed by atoms with van der Waals surface area (Å²) in [5.41, 5.74) is 4.97. The fraction of sp³-hybridized carbons (Fsp3) is 0.231. The van der Waals surface area contributed by atoms with Crippen LogP contribution in [0.4, 0.5) is 0 Å². The van der Waals surface area contributed by atoms with Crippen LogP contribution < -0.4 is 10.1 Å². The molecule has 0 saturated heterocycles. The highest BCUT2D eigenvalue weighted by molar-refractivity contribution is 6.00. The average Bonchev–Trinajstić information content (AvgIpc) is 3.16. The van der Waals surface area contributed by atoms with Gasteiger partial charge in [-0.3, -0.25) is 9.78 Å². The van der Waals surface area contributed by atoms with E-state index in [2.05, 4.69) is 33.9 Å². The zero-order valence-corrected chi connectivity index (χ0v) is 18.0. The number of fused-ring (bicyclic) bond motifs is 1. The van der Waals surface area contributed by atoms with Crippen LogP contribution in [0.1, 0.15) is 34.2 Å². The lowest BCUT2D eigenvalue weighted by Gasteiger charge is -2.13. The van der Waals surface area contributed by atoms with Crippen molar-refractivity contribution in [3.63, 3.8) is 0 Å². The number of ether oxygens (including phenoxy) is 1. The molecule has 0 unspecified atom stereocenters. The number of carbonyl (C=O) groups excluding carboxylic acids is 1. The second kappa shape index (κ2) is 9.47. The van der Waals surface area contributed by atoms with Crippen LogP contribution in [-0.4, -0.2) is 28.6 Å². The van der Waals surface area contributed by atoms with E-state index < -0.39 is 0 Å². The summed E-state index contributed by atoms with van der Waals surface area (Å²) in [5, 5.41) is 4.01. The first-order valence-electron chi connectivity index (χ1n) is 10.6. The van der Waals surface area contributed by atoms with Crippen LogP contribution in [0.5, 0.6) is 5.75 Å². The molecule has 4 rings (SSSR count). The predicted octanol–water partition coefficient (Wildman–Crippen LogP) is 4.76. The lowest BCUT2D eigenvalue weighted by molar-refractivity contribution is 0.0945. The monoisotopic (exact) mass is 413 g/mol. The zero-order chi connectivity index (χ0) is 21.6. The van der Waals surface area contributed by atoms with Gasteiger partial charge in [0.2, 0.25) is 0 Å². The maximum Gasteiger partial charge on any atom is 0.267 e. The van der Waals surface area contributed by atoms with Crippen LogP contribution >= 0.6 is 0 Å². The van der Waals surface area contributed by atoms with Crippen LogP contribution in [0.15, 0.2) is 72.9 Å². The largest absolute Gasteiger partial charge is 0.493 e. The van der Waals surface area contributed by atoms with Crippen molar-refractivity contribution in [2.24, 2.45) is 0 Å². The van der Waals surface area contributed by atoms with E-state index in [0.29, 0.717) is 31.8 Å². The first-order chi connectivity index (χ1) is 15.2. The molecule has 0 saturated carbocycles. The minimum absolute atomic E-state index is 0.0943. The Morgan fingerprint density at radius 3 is 2.68 bits per heavy atom. The van der Waals surface area contributed by atoms with Crippen LogP contribution in [0.3, 0.4) is 0 Å². The summed E-state index contributed by atoms with van der Waals surface area (Å²) in [6, 6.07) is 22.0. The zero-order valence-electron chi connectivity index (χ0n) is 18.0. The van der Waals surface area contributed by atoms with Crippen molar-refractivity contribution in [1.29, 1.82) is 0 Å². The number of amides is 1. The Bertz CT molecular complexity index is 1180. The molecule has 0 aliphatic carbocycles. The Morgan fingerprint density at radius 2 is 1.90 bits per heavy atom. The number of hydrogen-bond donors (Lipinski definition) is 1. The Morgan fingerprint density at radius 1 is 1.06 bits per heavy atom. The Hall–Kier alpha value is -3.60. The number of hydrogen-bond acceptors (Lipinski definition) is 3. The van der Waals surface area contributed by atoms with Gasteiger partial charge < -0.3 is 14.6 Å². The van der Waals surface area contributed by atoms with Gasteiger partial charge in [-0.25, -0.2) is 0 Å². The number of aromatic nitrogens is 2. The third kappa shape index (κ3) is 4.61. The normalized spacial score (nSPS) is 10.9. The molecule has 0 spiro atoms. The molecule has 1 N–H and O–H groups in total. The maximum absolute atomic E-state index is 13.2. The van der Waals surface area contributed by atoms with Gasteiger partial charge in [0.1, 0.15) is 11.4 Å². The molecule has 0 aliphatic heterocycles. The van der Waals surface area contributed by atoms with Crippen LogP contribution in [-0.2, 0) is 13.0 Å². The Labute approximate surface area is 182 Å². The molecular weight excluding hydrogens is 386 g/mol. The Kier molecular flexibility index (Phi) is 6.32. The van der Waals surface area contributed by atoms with E-state index in [9.17, 15) is 4.79 Å². The average molecular weight is 414 g/mol. The fourth-order valence-corrected chi connectivity index (χ4v) is 3.80. The van der Waals surface area contributed by atoms with Gasteiger partial charge >= 0.3 is 0 Å². The van der Waals surface area contributed by atoms with Gasteiger partial charge in [-0.15, -0.1) is 0 Å². The second-order valence-corrected chi connectivity index (χ2v) is 7.49. The third-order valence-electron chi connectivity index (χ3n) is 5.42. The van der Waals surface area contributed by atoms with Crippen molar-refractivity contribution in [3.8, 4) is 5.75 Å². The molecule has 31 heavy (non-hydrogen) atoms. The van der Waals surface area contributed by atoms with E-state index in [1.165, 1.54) is 11.1 Å². The predicted molar refractivity (Wildman–Crippen MR) is 124 cm³/mol. The minimum Gasteiger partial charge on any atom is -0.493 e. The minimum atomic E-state index is -0.0943. The number of benzene rings is 2. The van der Waals surface area contributed by atoms with E-state index in [-0.39, 0.29) is 5.91 Å². The van der Waals surface area contributed by atoms with Gasteiger partial charge in [0.15, 0.2) is 0 Å².